The first-order valence-electron chi connectivity index (χ1n) is 9.90. The van der Waals surface area contributed by atoms with Crippen molar-refractivity contribution in [2.24, 2.45) is 5.92 Å². The summed E-state index contributed by atoms with van der Waals surface area (Å²) >= 11 is 0. The molecular weight excluding hydrogens is 344 g/mol. The largest absolute Gasteiger partial charge is 0.493 e. The molecule has 2 aliphatic heterocycles. The Kier molecular flexibility index (Phi) is 6.58. The molecule has 0 N–H and O–H groups in total. The van der Waals surface area contributed by atoms with Crippen LogP contribution in [0.3, 0.4) is 0 Å². The van der Waals surface area contributed by atoms with Crippen LogP contribution in [0.2, 0.25) is 0 Å². The maximum atomic E-state index is 12.8. The van der Waals surface area contributed by atoms with Crippen LogP contribution in [0.25, 0.3) is 0 Å². The summed E-state index contributed by atoms with van der Waals surface area (Å²) in [5, 5.41) is 0. The third-order valence-corrected chi connectivity index (χ3v) is 5.60. The zero-order valence-corrected chi connectivity index (χ0v) is 16.4. The lowest BCUT2D eigenvalue weighted by atomic mass is 10.1. The molecule has 1 unspecified atom stereocenters. The van der Waals surface area contributed by atoms with Gasteiger partial charge in [0.2, 0.25) is 11.8 Å². The van der Waals surface area contributed by atoms with E-state index in [9.17, 15) is 9.59 Å². The molecule has 0 spiro atoms. The highest BCUT2D eigenvalue weighted by Gasteiger charge is 2.36. The monoisotopic (exact) mass is 374 g/mol. The lowest BCUT2D eigenvalue weighted by Crippen LogP contribution is -2.38. The Balaban J connectivity index is 1.55. The average molecular weight is 374 g/mol. The second-order valence-electron chi connectivity index (χ2n) is 7.42. The van der Waals surface area contributed by atoms with E-state index < -0.39 is 0 Å². The van der Waals surface area contributed by atoms with Crippen LogP contribution in [-0.2, 0) is 16.0 Å². The smallest absolute Gasteiger partial charge is 0.227 e. The Bertz CT molecular complexity index is 668. The van der Waals surface area contributed by atoms with Crippen LogP contribution in [0.5, 0.6) is 11.5 Å². The van der Waals surface area contributed by atoms with Crippen molar-refractivity contribution >= 4 is 11.8 Å². The van der Waals surface area contributed by atoms with Gasteiger partial charge < -0.3 is 19.3 Å². The van der Waals surface area contributed by atoms with E-state index in [1.165, 1.54) is 12.8 Å². The third kappa shape index (κ3) is 4.73. The number of carbonyl (C=O) groups excluding carboxylic acids is 2. The highest BCUT2D eigenvalue weighted by atomic mass is 16.5. The van der Waals surface area contributed by atoms with Crippen LogP contribution < -0.4 is 9.47 Å². The van der Waals surface area contributed by atoms with E-state index in [4.69, 9.17) is 9.47 Å². The van der Waals surface area contributed by atoms with Crippen LogP contribution in [0.1, 0.15) is 37.7 Å². The summed E-state index contributed by atoms with van der Waals surface area (Å²) in [6.45, 7) is 2.85. The molecule has 3 rings (SSSR count). The highest BCUT2D eigenvalue weighted by Crippen LogP contribution is 2.28. The number of hydrogen-bond acceptors (Lipinski definition) is 4. The van der Waals surface area contributed by atoms with Gasteiger partial charge in [0.1, 0.15) is 0 Å². The zero-order valence-electron chi connectivity index (χ0n) is 16.4. The van der Waals surface area contributed by atoms with E-state index >= 15 is 0 Å². The predicted molar refractivity (Wildman–Crippen MR) is 103 cm³/mol. The number of nitrogens with zero attached hydrogens (tertiary/aromatic N) is 2. The summed E-state index contributed by atoms with van der Waals surface area (Å²) in [6.07, 6.45) is 5.64. The van der Waals surface area contributed by atoms with E-state index in [0.29, 0.717) is 31.0 Å². The molecule has 0 bridgehead atoms. The molecular formula is C21H30N2O4. The fourth-order valence-electron chi connectivity index (χ4n) is 4.00. The van der Waals surface area contributed by atoms with Gasteiger partial charge in [-0.2, -0.15) is 0 Å². The van der Waals surface area contributed by atoms with Crippen LogP contribution in [0.15, 0.2) is 18.2 Å². The molecule has 0 aliphatic carbocycles. The molecule has 6 nitrogen and oxygen atoms in total. The maximum absolute atomic E-state index is 12.8. The summed E-state index contributed by atoms with van der Waals surface area (Å²) in [6, 6.07) is 5.81. The Labute approximate surface area is 161 Å². The van der Waals surface area contributed by atoms with Crippen molar-refractivity contribution in [2.45, 2.75) is 38.5 Å². The van der Waals surface area contributed by atoms with Gasteiger partial charge in [-0.25, -0.2) is 0 Å². The molecule has 2 heterocycles. The molecule has 0 radical (unpaired) electrons. The van der Waals surface area contributed by atoms with Gasteiger partial charge in [-0.05, 0) is 37.0 Å². The Morgan fingerprint density at radius 2 is 1.78 bits per heavy atom. The topological polar surface area (TPSA) is 59.1 Å². The number of ether oxygens (including phenoxy) is 2. The second-order valence-corrected chi connectivity index (χ2v) is 7.42. The number of amides is 2. The van der Waals surface area contributed by atoms with Crippen molar-refractivity contribution in [1.82, 2.24) is 9.80 Å². The fourth-order valence-corrected chi connectivity index (χ4v) is 4.00. The van der Waals surface area contributed by atoms with E-state index in [-0.39, 0.29) is 17.7 Å². The van der Waals surface area contributed by atoms with Crippen molar-refractivity contribution < 1.29 is 19.1 Å². The van der Waals surface area contributed by atoms with E-state index in [2.05, 4.69) is 0 Å². The molecule has 27 heavy (non-hydrogen) atoms. The third-order valence-electron chi connectivity index (χ3n) is 5.60. The lowest BCUT2D eigenvalue weighted by molar-refractivity contribution is -0.135. The van der Waals surface area contributed by atoms with Crippen LogP contribution in [0, 0.1) is 5.92 Å². The Morgan fingerprint density at radius 1 is 1.07 bits per heavy atom. The van der Waals surface area contributed by atoms with Gasteiger partial charge >= 0.3 is 0 Å². The molecule has 1 aromatic carbocycles. The highest BCUT2D eigenvalue weighted by molar-refractivity contribution is 5.89. The van der Waals surface area contributed by atoms with Crippen molar-refractivity contribution in [3.63, 3.8) is 0 Å². The summed E-state index contributed by atoms with van der Waals surface area (Å²) in [5.41, 5.74) is 1.09. The molecule has 1 atom stereocenters. The van der Waals surface area contributed by atoms with E-state index in [1.807, 2.05) is 28.0 Å². The molecule has 148 valence electrons. The number of hydrogen-bond donors (Lipinski definition) is 0. The number of likely N-dealkylation sites (tertiary alicyclic amines) is 2. The molecule has 2 saturated heterocycles. The van der Waals surface area contributed by atoms with Crippen molar-refractivity contribution in [3.8, 4) is 11.5 Å². The molecule has 0 saturated carbocycles. The first-order valence-corrected chi connectivity index (χ1v) is 9.90. The Morgan fingerprint density at radius 3 is 2.44 bits per heavy atom. The number of rotatable bonds is 6. The van der Waals surface area contributed by atoms with Gasteiger partial charge in [0.25, 0.3) is 0 Å². The quantitative estimate of drug-likeness (QED) is 0.768. The van der Waals surface area contributed by atoms with Gasteiger partial charge in [0.15, 0.2) is 11.5 Å². The maximum Gasteiger partial charge on any atom is 0.227 e. The Hall–Kier alpha value is -2.24. The molecule has 2 amide bonds. The molecule has 0 aromatic heterocycles. The van der Waals surface area contributed by atoms with E-state index in [1.54, 1.807) is 14.2 Å². The van der Waals surface area contributed by atoms with Gasteiger partial charge in [-0.3, -0.25) is 9.59 Å². The minimum absolute atomic E-state index is 0.0867. The average Bonchev–Trinajstić information content (AvgIpc) is 2.88. The van der Waals surface area contributed by atoms with Crippen molar-refractivity contribution in [2.75, 3.05) is 40.4 Å². The van der Waals surface area contributed by atoms with Gasteiger partial charge in [-0.15, -0.1) is 0 Å². The van der Waals surface area contributed by atoms with Crippen molar-refractivity contribution in [3.05, 3.63) is 23.8 Å². The van der Waals surface area contributed by atoms with Gasteiger partial charge in [-0.1, -0.05) is 18.9 Å². The summed E-state index contributed by atoms with van der Waals surface area (Å²) in [7, 11) is 3.23. The molecule has 2 aliphatic rings. The van der Waals surface area contributed by atoms with Crippen molar-refractivity contribution in [1.29, 1.82) is 0 Å². The first-order chi connectivity index (χ1) is 13.1. The standard InChI is InChI=1S/C21H30N2O4/c1-26-18-8-7-16(13-19(18)27-2)9-12-23-15-17(14-20(23)24)21(25)22-10-5-3-4-6-11-22/h7-8,13,17H,3-6,9-12,14-15H2,1-2H3. The number of methoxy groups -OCH3 is 2. The minimum atomic E-state index is -0.180. The normalized spacial score (nSPS) is 20.5. The lowest BCUT2D eigenvalue weighted by Gasteiger charge is -2.24. The first kappa shape index (κ1) is 19.5. The molecule has 6 heteroatoms. The second kappa shape index (κ2) is 9.11. The predicted octanol–water partition coefficient (Wildman–Crippen LogP) is 2.50. The van der Waals surface area contributed by atoms with Crippen LogP contribution >= 0.6 is 0 Å². The van der Waals surface area contributed by atoms with Crippen LogP contribution in [0.4, 0.5) is 0 Å². The molecule has 1 aromatic rings. The van der Waals surface area contributed by atoms with Crippen LogP contribution in [-0.4, -0.2) is 62.0 Å². The van der Waals surface area contributed by atoms with Gasteiger partial charge in [0.05, 0.1) is 20.1 Å². The zero-order chi connectivity index (χ0) is 19.2. The van der Waals surface area contributed by atoms with E-state index in [0.717, 1.165) is 37.9 Å². The number of benzene rings is 1. The molecule has 2 fully saturated rings. The SMILES string of the molecule is COc1ccc(CCN2CC(C(=O)N3CCCCCC3)CC2=O)cc1OC. The summed E-state index contributed by atoms with van der Waals surface area (Å²) < 4.78 is 10.6. The number of carbonyl (C=O) groups is 2. The summed E-state index contributed by atoms with van der Waals surface area (Å²) in [4.78, 5) is 29.0. The fraction of sp³-hybridized carbons (Fsp3) is 0.619. The minimum Gasteiger partial charge on any atom is -0.493 e. The van der Waals surface area contributed by atoms with Gasteiger partial charge in [0, 0.05) is 32.6 Å². The summed E-state index contributed by atoms with van der Waals surface area (Å²) in [5.74, 6) is 1.46.